The second-order valence-electron chi connectivity index (χ2n) is 11.0. The average molecular weight is 698 g/mol. The molecule has 1 heterocycles. The fourth-order valence-corrected chi connectivity index (χ4v) is 6.54. The Bertz CT molecular complexity index is 918. The maximum Gasteiger partial charge on any atom is 0.337 e. The number of carbonyl (C=O) groups is 2. The van der Waals surface area contributed by atoms with Crippen LogP contribution in [0.4, 0.5) is 0 Å². The largest absolute Gasteiger partial charge is 0.462 e. The van der Waals surface area contributed by atoms with Crippen molar-refractivity contribution in [3.63, 3.8) is 0 Å². The molecule has 0 spiro atoms. The highest BCUT2D eigenvalue weighted by Crippen LogP contribution is 2.45. The van der Waals surface area contributed by atoms with Crippen molar-refractivity contribution in [3.8, 4) is 0 Å². The predicted octanol–water partition coefficient (Wildman–Crippen LogP) is 10.3. The van der Waals surface area contributed by atoms with Crippen molar-refractivity contribution >= 4 is 43.8 Å². The van der Waals surface area contributed by atoms with E-state index in [1.165, 1.54) is 64.2 Å². The molecule has 0 N–H and O–H groups in total. The molecule has 0 bridgehead atoms. The lowest BCUT2D eigenvalue weighted by molar-refractivity contribution is -0.140. The molecule has 2 rings (SSSR count). The van der Waals surface area contributed by atoms with Gasteiger partial charge in [0.05, 0.1) is 39.5 Å². The summed E-state index contributed by atoms with van der Waals surface area (Å²) in [6, 6.07) is 9.64. The predicted molar refractivity (Wildman–Crippen MR) is 176 cm³/mol. The van der Waals surface area contributed by atoms with E-state index in [9.17, 15) is 9.59 Å². The summed E-state index contributed by atoms with van der Waals surface area (Å²) in [6.45, 7) is 5.19. The van der Waals surface area contributed by atoms with Crippen LogP contribution >= 0.6 is 31.9 Å². The standard InChI is InChI=1S/C34H51Br2NO4/c1-4-6-8-10-12-14-16-21-25-40-33(38)29-28(27-23-19-18-20-24-27)30(32(36)37(3)31(29)35)34(39)41-26-22-17-15-13-11-9-7-5-2/h18-20,23-24,28H,4-17,21-22,25-26H2,1-3H3. The molecule has 0 saturated heterocycles. The van der Waals surface area contributed by atoms with Gasteiger partial charge in [-0.05, 0) is 50.3 Å². The van der Waals surface area contributed by atoms with Gasteiger partial charge in [0.1, 0.15) is 0 Å². The maximum atomic E-state index is 13.5. The molecule has 0 radical (unpaired) electrons. The first kappa shape index (κ1) is 35.6. The molecule has 0 aliphatic carbocycles. The van der Waals surface area contributed by atoms with E-state index < -0.39 is 17.9 Å². The Morgan fingerprint density at radius 3 is 1.39 bits per heavy atom. The van der Waals surface area contributed by atoms with Gasteiger partial charge in [-0.1, -0.05) is 134 Å². The summed E-state index contributed by atoms with van der Waals surface area (Å²) < 4.78 is 12.7. The first-order valence-corrected chi connectivity index (χ1v) is 17.4. The second-order valence-corrected chi connectivity index (χ2v) is 12.5. The van der Waals surface area contributed by atoms with Gasteiger partial charge < -0.3 is 14.4 Å². The minimum atomic E-state index is -0.603. The van der Waals surface area contributed by atoms with Gasteiger partial charge in [-0.15, -0.1) is 0 Å². The Hall–Kier alpha value is -1.60. The van der Waals surface area contributed by atoms with Crippen molar-refractivity contribution in [1.29, 1.82) is 0 Å². The summed E-state index contributed by atoms with van der Waals surface area (Å²) in [7, 11) is 1.81. The number of rotatable bonds is 21. The molecule has 230 valence electrons. The lowest BCUT2D eigenvalue weighted by Crippen LogP contribution is -2.32. The van der Waals surface area contributed by atoms with Gasteiger partial charge in [0.15, 0.2) is 0 Å². The third-order valence-electron chi connectivity index (χ3n) is 7.65. The maximum absolute atomic E-state index is 13.5. The van der Waals surface area contributed by atoms with Crippen LogP contribution in [0.3, 0.4) is 0 Å². The Labute approximate surface area is 265 Å². The summed E-state index contributed by atoms with van der Waals surface area (Å²) in [5.41, 5.74) is 1.67. The summed E-state index contributed by atoms with van der Waals surface area (Å²) >= 11 is 7.26. The summed E-state index contributed by atoms with van der Waals surface area (Å²) in [4.78, 5) is 28.8. The van der Waals surface area contributed by atoms with E-state index in [0.717, 1.165) is 44.1 Å². The van der Waals surface area contributed by atoms with Crippen LogP contribution in [0.2, 0.25) is 0 Å². The van der Waals surface area contributed by atoms with E-state index in [-0.39, 0.29) is 0 Å². The van der Waals surface area contributed by atoms with Crippen LogP contribution in [0, 0.1) is 0 Å². The number of hydrogen-bond donors (Lipinski definition) is 0. The second kappa shape index (κ2) is 21.1. The Balaban J connectivity index is 2.03. The van der Waals surface area contributed by atoms with Crippen molar-refractivity contribution in [2.45, 2.75) is 122 Å². The molecule has 0 unspecified atom stereocenters. The highest BCUT2D eigenvalue weighted by atomic mass is 79.9. The third kappa shape index (κ3) is 12.3. The number of benzene rings is 1. The number of hydrogen-bond acceptors (Lipinski definition) is 5. The van der Waals surface area contributed by atoms with E-state index >= 15 is 0 Å². The summed E-state index contributed by atoms with van der Waals surface area (Å²) in [5.74, 6) is -1.42. The van der Waals surface area contributed by atoms with Crippen LogP contribution in [0.1, 0.15) is 128 Å². The number of nitrogens with zero attached hydrogens (tertiary/aromatic N) is 1. The molecule has 7 heteroatoms. The van der Waals surface area contributed by atoms with Crippen molar-refractivity contribution in [1.82, 2.24) is 4.90 Å². The highest BCUT2D eigenvalue weighted by molar-refractivity contribution is 9.12. The fraction of sp³-hybridized carbons (Fsp3) is 0.647. The van der Waals surface area contributed by atoms with Crippen molar-refractivity contribution in [2.24, 2.45) is 0 Å². The van der Waals surface area contributed by atoms with E-state index in [4.69, 9.17) is 9.47 Å². The lowest BCUT2D eigenvalue weighted by Gasteiger charge is -2.33. The minimum absolute atomic E-state index is 0.367. The molecule has 0 atom stereocenters. The smallest absolute Gasteiger partial charge is 0.337 e. The molecule has 0 saturated carbocycles. The Morgan fingerprint density at radius 2 is 1.00 bits per heavy atom. The molecule has 1 aromatic rings. The molecule has 41 heavy (non-hydrogen) atoms. The lowest BCUT2D eigenvalue weighted by atomic mass is 9.83. The van der Waals surface area contributed by atoms with Gasteiger partial charge in [0.2, 0.25) is 0 Å². The van der Waals surface area contributed by atoms with E-state index in [1.54, 1.807) is 4.90 Å². The minimum Gasteiger partial charge on any atom is -0.462 e. The van der Waals surface area contributed by atoms with Crippen molar-refractivity contribution in [2.75, 3.05) is 20.3 Å². The molecule has 0 aromatic heterocycles. The quantitative estimate of drug-likeness (QED) is 0.0727. The molecule has 1 aromatic carbocycles. The number of ether oxygens (including phenoxy) is 2. The summed E-state index contributed by atoms with van der Waals surface area (Å²) in [6.07, 6.45) is 18.8. The zero-order valence-electron chi connectivity index (χ0n) is 25.5. The zero-order valence-corrected chi connectivity index (χ0v) is 28.7. The van der Waals surface area contributed by atoms with Gasteiger partial charge in [-0.3, -0.25) is 0 Å². The number of esters is 2. The van der Waals surface area contributed by atoms with Crippen molar-refractivity contribution in [3.05, 3.63) is 56.3 Å². The van der Waals surface area contributed by atoms with Crippen LogP contribution < -0.4 is 0 Å². The van der Waals surface area contributed by atoms with Crippen LogP contribution in [-0.4, -0.2) is 37.1 Å². The van der Waals surface area contributed by atoms with E-state index in [1.807, 2.05) is 37.4 Å². The van der Waals surface area contributed by atoms with Crippen LogP contribution in [0.5, 0.6) is 0 Å². The van der Waals surface area contributed by atoms with E-state index in [0.29, 0.717) is 33.6 Å². The highest BCUT2D eigenvalue weighted by Gasteiger charge is 2.41. The average Bonchev–Trinajstić information content (AvgIpc) is 2.98. The van der Waals surface area contributed by atoms with Gasteiger partial charge in [-0.2, -0.15) is 0 Å². The zero-order chi connectivity index (χ0) is 29.9. The monoisotopic (exact) mass is 695 g/mol. The topological polar surface area (TPSA) is 55.8 Å². The van der Waals surface area contributed by atoms with Gasteiger partial charge >= 0.3 is 11.9 Å². The third-order valence-corrected chi connectivity index (χ3v) is 9.56. The van der Waals surface area contributed by atoms with Gasteiger partial charge in [0, 0.05) is 7.05 Å². The number of carbonyl (C=O) groups excluding carboxylic acids is 2. The molecule has 1 aliphatic heterocycles. The molecular weight excluding hydrogens is 646 g/mol. The molecule has 5 nitrogen and oxygen atoms in total. The Morgan fingerprint density at radius 1 is 0.634 bits per heavy atom. The summed E-state index contributed by atoms with van der Waals surface area (Å²) in [5, 5.41) is 0. The molecular formula is C34H51Br2NO4. The van der Waals surface area contributed by atoms with Gasteiger partial charge in [-0.25, -0.2) is 9.59 Å². The number of unbranched alkanes of at least 4 members (excludes halogenated alkanes) is 14. The SMILES string of the molecule is CCCCCCCCCCOC(=O)C1=C(Br)N(C)C(Br)=C(C(=O)OCCCCCCCCCC)C1c1ccccc1. The fourth-order valence-electron chi connectivity index (χ4n) is 5.17. The van der Waals surface area contributed by atoms with Crippen LogP contribution in [-0.2, 0) is 19.1 Å². The number of halogens is 2. The molecule has 0 amide bonds. The van der Waals surface area contributed by atoms with Crippen molar-refractivity contribution < 1.29 is 19.1 Å². The Kier molecular flexibility index (Phi) is 18.4. The van der Waals surface area contributed by atoms with Gasteiger partial charge in [0.25, 0.3) is 0 Å². The molecule has 1 aliphatic rings. The normalized spacial score (nSPS) is 14.1. The van der Waals surface area contributed by atoms with Crippen LogP contribution in [0.15, 0.2) is 50.7 Å². The first-order chi connectivity index (χ1) is 19.9. The molecule has 0 fully saturated rings. The first-order valence-electron chi connectivity index (χ1n) is 15.9. The van der Waals surface area contributed by atoms with E-state index in [2.05, 4.69) is 45.7 Å². The van der Waals surface area contributed by atoms with Crippen LogP contribution in [0.25, 0.3) is 0 Å².